The molecule has 0 aliphatic heterocycles. The third-order valence-corrected chi connectivity index (χ3v) is 6.64. The maximum Gasteiger partial charge on any atom is 0.407 e. The molecule has 0 aromatic heterocycles. The number of hydrogen-bond donors (Lipinski definition) is 2. The highest BCUT2D eigenvalue weighted by Gasteiger charge is 2.30. The molecule has 0 saturated heterocycles. The number of ether oxygens (including phenoxy) is 1. The van der Waals surface area contributed by atoms with Gasteiger partial charge in [-0.25, -0.2) is 9.59 Å². The molecule has 7 heteroatoms. The number of nitrogens with one attached hydrogen (secondary N) is 1. The van der Waals surface area contributed by atoms with Crippen molar-refractivity contribution in [2.45, 2.75) is 25.8 Å². The lowest BCUT2D eigenvalue weighted by molar-refractivity contribution is -0.122. The molecule has 3 aromatic carbocycles. The SMILES string of the molecule is CC(NC(=O)OCC1c2ccccc2-c2ccccc21)C(C)C(=O)N(C)c1cccc(C(=O)O)c1. The molecule has 2 atom stereocenters. The first kappa shape index (κ1) is 24.0. The van der Waals surface area contributed by atoms with Gasteiger partial charge >= 0.3 is 12.1 Å². The molecule has 2 unspecified atom stereocenters. The number of nitrogens with zero attached hydrogens (tertiary/aromatic N) is 1. The van der Waals surface area contributed by atoms with Gasteiger partial charge in [-0.2, -0.15) is 0 Å². The molecule has 1 aliphatic carbocycles. The molecule has 2 amide bonds. The highest BCUT2D eigenvalue weighted by atomic mass is 16.5. The van der Waals surface area contributed by atoms with E-state index in [2.05, 4.69) is 29.6 Å². The van der Waals surface area contributed by atoms with Crippen LogP contribution in [0.25, 0.3) is 11.1 Å². The average Bonchev–Trinajstić information content (AvgIpc) is 3.19. The standard InChI is InChI=1S/C28H28N2O5/c1-17(26(31)30(3)20-10-8-9-19(15-20)27(32)33)18(2)29-28(34)35-16-25-23-13-6-4-11-21(23)22-12-5-7-14-24(22)25/h4-15,17-18,25H,16H2,1-3H3,(H,29,34)(H,32,33). The van der Waals surface area contributed by atoms with Crippen molar-refractivity contribution in [2.24, 2.45) is 5.92 Å². The highest BCUT2D eigenvalue weighted by Crippen LogP contribution is 2.44. The van der Waals surface area contributed by atoms with E-state index in [9.17, 15) is 19.5 Å². The summed E-state index contributed by atoms with van der Waals surface area (Å²) < 4.78 is 5.59. The Kier molecular flexibility index (Phi) is 6.87. The molecular formula is C28H28N2O5. The van der Waals surface area contributed by atoms with E-state index in [1.54, 1.807) is 33.0 Å². The Bertz CT molecular complexity index is 1230. The number of fused-ring (bicyclic) bond motifs is 3. The Morgan fingerprint density at radius 1 is 0.943 bits per heavy atom. The number of alkyl carbamates (subject to hydrolysis) is 1. The van der Waals surface area contributed by atoms with Gasteiger partial charge in [-0.05, 0) is 47.4 Å². The summed E-state index contributed by atoms with van der Waals surface area (Å²) in [6.45, 7) is 3.65. The fraction of sp³-hybridized carbons (Fsp3) is 0.250. The van der Waals surface area contributed by atoms with Gasteiger partial charge in [-0.1, -0.05) is 61.5 Å². The maximum absolute atomic E-state index is 13.0. The van der Waals surface area contributed by atoms with Gasteiger partial charge in [0.15, 0.2) is 0 Å². The molecule has 1 aliphatic rings. The van der Waals surface area contributed by atoms with E-state index in [1.165, 1.54) is 17.0 Å². The lowest BCUT2D eigenvalue weighted by Crippen LogP contribution is -2.45. The van der Waals surface area contributed by atoms with Gasteiger partial charge in [0.25, 0.3) is 0 Å². The number of rotatable bonds is 7. The second-order valence-corrected chi connectivity index (χ2v) is 8.80. The topological polar surface area (TPSA) is 95.9 Å². The van der Waals surface area contributed by atoms with Crippen LogP contribution in [0.5, 0.6) is 0 Å². The summed E-state index contributed by atoms with van der Waals surface area (Å²) in [7, 11) is 1.58. The van der Waals surface area contributed by atoms with Crippen molar-refractivity contribution in [3.8, 4) is 11.1 Å². The fourth-order valence-corrected chi connectivity index (χ4v) is 4.45. The zero-order chi connectivity index (χ0) is 25.1. The van der Waals surface area contributed by atoms with Crippen LogP contribution < -0.4 is 10.2 Å². The number of benzene rings is 3. The van der Waals surface area contributed by atoms with E-state index in [-0.39, 0.29) is 24.0 Å². The van der Waals surface area contributed by atoms with Gasteiger partial charge in [-0.3, -0.25) is 4.79 Å². The summed E-state index contributed by atoms with van der Waals surface area (Å²) >= 11 is 0. The minimum Gasteiger partial charge on any atom is -0.478 e. The van der Waals surface area contributed by atoms with Gasteiger partial charge in [0, 0.05) is 24.7 Å². The van der Waals surface area contributed by atoms with Gasteiger partial charge < -0.3 is 20.1 Å². The van der Waals surface area contributed by atoms with Crippen molar-refractivity contribution in [2.75, 3.05) is 18.6 Å². The van der Waals surface area contributed by atoms with E-state index in [0.29, 0.717) is 5.69 Å². The molecule has 0 bridgehead atoms. The average molecular weight is 473 g/mol. The predicted molar refractivity (Wildman–Crippen MR) is 134 cm³/mol. The zero-order valence-corrected chi connectivity index (χ0v) is 19.9. The first-order valence-corrected chi connectivity index (χ1v) is 11.5. The molecule has 0 saturated carbocycles. The van der Waals surface area contributed by atoms with Crippen molar-refractivity contribution in [3.63, 3.8) is 0 Å². The molecule has 4 rings (SSSR count). The number of carbonyl (C=O) groups excluding carboxylic acids is 2. The fourth-order valence-electron chi connectivity index (χ4n) is 4.45. The summed E-state index contributed by atoms with van der Waals surface area (Å²) in [4.78, 5) is 38.2. The van der Waals surface area contributed by atoms with Crippen LogP contribution in [0.3, 0.4) is 0 Å². The third kappa shape index (κ3) is 4.89. The van der Waals surface area contributed by atoms with E-state index < -0.39 is 24.0 Å². The third-order valence-electron chi connectivity index (χ3n) is 6.64. The van der Waals surface area contributed by atoms with Crippen molar-refractivity contribution >= 4 is 23.7 Å². The van der Waals surface area contributed by atoms with Crippen molar-refractivity contribution in [3.05, 3.63) is 89.5 Å². The molecule has 2 N–H and O–H groups in total. The normalized spacial score (nSPS) is 13.8. The molecule has 35 heavy (non-hydrogen) atoms. The molecule has 0 radical (unpaired) electrons. The van der Waals surface area contributed by atoms with Crippen LogP contribution in [-0.4, -0.2) is 42.8 Å². The van der Waals surface area contributed by atoms with Crippen molar-refractivity contribution in [1.82, 2.24) is 5.32 Å². The molecular weight excluding hydrogens is 444 g/mol. The van der Waals surface area contributed by atoms with Crippen LogP contribution >= 0.6 is 0 Å². The minimum absolute atomic E-state index is 0.0462. The smallest absolute Gasteiger partial charge is 0.407 e. The molecule has 180 valence electrons. The van der Waals surface area contributed by atoms with Gasteiger partial charge in [0.1, 0.15) is 6.61 Å². The monoisotopic (exact) mass is 472 g/mol. The summed E-state index contributed by atoms with van der Waals surface area (Å²) in [5.74, 6) is -1.92. The van der Waals surface area contributed by atoms with E-state index in [0.717, 1.165) is 22.3 Å². The van der Waals surface area contributed by atoms with Crippen LogP contribution in [-0.2, 0) is 9.53 Å². The quantitative estimate of drug-likeness (QED) is 0.509. The maximum atomic E-state index is 13.0. The van der Waals surface area contributed by atoms with Gasteiger partial charge in [0.05, 0.1) is 11.5 Å². The largest absolute Gasteiger partial charge is 0.478 e. The number of carboxylic acid groups (broad SMARTS) is 1. The predicted octanol–water partition coefficient (Wildman–Crippen LogP) is 4.91. The zero-order valence-electron chi connectivity index (χ0n) is 19.9. The molecule has 0 fully saturated rings. The first-order chi connectivity index (χ1) is 16.8. The molecule has 0 spiro atoms. The van der Waals surface area contributed by atoms with Crippen LogP contribution in [0.4, 0.5) is 10.5 Å². The van der Waals surface area contributed by atoms with Gasteiger partial charge in [0.2, 0.25) is 5.91 Å². The summed E-state index contributed by atoms with van der Waals surface area (Å²) in [6.07, 6.45) is -0.588. The van der Waals surface area contributed by atoms with E-state index >= 15 is 0 Å². The lowest BCUT2D eigenvalue weighted by Gasteiger charge is -2.26. The lowest BCUT2D eigenvalue weighted by atomic mass is 9.98. The van der Waals surface area contributed by atoms with Crippen LogP contribution in [0.1, 0.15) is 41.3 Å². The second-order valence-electron chi connectivity index (χ2n) is 8.80. The van der Waals surface area contributed by atoms with Crippen LogP contribution in [0, 0.1) is 5.92 Å². The van der Waals surface area contributed by atoms with Crippen molar-refractivity contribution in [1.29, 1.82) is 0 Å². The second kappa shape index (κ2) is 10.0. The van der Waals surface area contributed by atoms with Crippen LogP contribution in [0.2, 0.25) is 0 Å². The number of aromatic carboxylic acids is 1. The number of carbonyl (C=O) groups is 3. The summed E-state index contributed by atoms with van der Waals surface area (Å²) in [5, 5.41) is 12.0. The Morgan fingerprint density at radius 3 is 2.14 bits per heavy atom. The molecule has 0 heterocycles. The number of carboxylic acids is 1. The van der Waals surface area contributed by atoms with E-state index in [1.807, 2.05) is 24.3 Å². The first-order valence-electron chi connectivity index (χ1n) is 11.5. The Hall–Kier alpha value is -4.13. The minimum atomic E-state index is -1.06. The number of amides is 2. The number of anilines is 1. The Balaban J connectivity index is 1.37. The van der Waals surface area contributed by atoms with E-state index in [4.69, 9.17) is 4.74 Å². The van der Waals surface area contributed by atoms with Gasteiger partial charge in [-0.15, -0.1) is 0 Å². The molecule has 7 nitrogen and oxygen atoms in total. The van der Waals surface area contributed by atoms with Crippen molar-refractivity contribution < 1.29 is 24.2 Å². The van der Waals surface area contributed by atoms with Crippen LogP contribution in [0.15, 0.2) is 72.8 Å². The Morgan fingerprint density at radius 2 is 1.54 bits per heavy atom. The summed E-state index contributed by atoms with van der Waals surface area (Å²) in [6, 6.07) is 21.9. The summed E-state index contributed by atoms with van der Waals surface area (Å²) in [5.41, 5.74) is 5.13. The Labute approximate surface area is 204 Å². The molecule has 3 aromatic rings. The number of hydrogen-bond acceptors (Lipinski definition) is 4. The highest BCUT2D eigenvalue weighted by molar-refractivity contribution is 5.96.